The second-order valence-corrected chi connectivity index (χ2v) is 11.6. The predicted molar refractivity (Wildman–Crippen MR) is 155 cm³/mol. The van der Waals surface area contributed by atoms with Gasteiger partial charge >= 0.3 is 0 Å². The summed E-state index contributed by atoms with van der Waals surface area (Å²) >= 11 is 1.42. The molecule has 3 aromatic heterocycles. The second kappa shape index (κ2) is 10.8. The Kier molecular flexibility index (Phi) is 7.03. The van der Waals surface area contributed by atoms with E-state index in [2.05, 4.69) is 32.2 Å². The highest BCUT2D eigenvalue weighted by molar-refractivity contribution is 7.15. The molecule has 206 valence electrons. The normalized spacial score (nSPS) is 17.4. The van der Waals surface area contributed by atoms with E-state index in [1.807, 2.05) is 34.7 Å². The molecule has 1 saturated carbocycles. The molecule has 1 aliphatic carbocycles. The van der Waals surface area contributed by atoms with Crippen molar-refractivity contribution in [1.29, 1.82) is 0 Å². The molecule has 2 amide bonds. The van der Waals surface area contributed by atoms with Crippen molar-refractivity contribution in [3.63, 3.8) is 0 Å². The van der Waals surface area contributed by atoms with Crippen LogP contribution in [0.25, 0.3) is 22.3 Å². The molecule has 4 aromatic rings. The molecule has 12 heteroatoms. The molecule has 0 radical (unpaired) electrons. The standard InChI is InChI=1S/C28H31N9O2S/c1-17-14-30-28(40-17)33-27(39)19-7-5-18(6-8-19)24-23-25(29)31-16-32-26(23)37(34-24)21-11-13-36(15-21)22(38)4-3-12-35(2)20-9-10-20/h3-8,14,16,20-21H,9-13,15H2,1-2H3,(H2,29,31,32)(H,30,33,39). The van der Waals surface area contributed by atoms with Crippen LogP contribution in [0.2, 0.25) is 0 Å². The second-order valence-electron chi connectivity index (χ2n) is 10.4. The highest BCUT2D eigenvalue weighted by Gasteiger charge is 2.30. The van der Waals surface area contributed by atoms with Gasteiger partial charge < -0.3 is 10.6 Å². The number of likely N-dealkylation sites (N-methyl/N-ethyl adjacent to an activating group) is 1. The molecule has 1 aliphatic heterocycles. The zero-order chi connectivity index (χ0) is 27.8. The summed E-state index contributed by atoms with van der Waals surface area (Å²) in [6.45, 7) is 3.90. The summed E-state index contributed by atoms with van der Waals surface area (Å²) in [5.74, 6) is 0.114. The number of carbonyl (C=O) groups excluding carboxylic acids is 2. The number of carbonyl (C=O) groups is 2. The van der Waals surface area contributed by atoms with Gasteiger partial charge in [0.2, 0.25) is 5.91 Å². The minimum absolute atomic E-state index is 0.0132. The van der Waals surface area contributed by atoms with Gasteiger partial charge in [-0.15, -0.1) is 11.3 Å². The van der Waals surface area contributed by atoms with Crippen LogP contribution in [0, 0.1) is 6.92 Å². The molecule has 11 nitrogen and oxygen atoms in total. The first-order chi connectivity index (χ1) is 19.4. The number of benzene rings is 1. The third-order valence-corrected chi connectivity index (χ3v) is 8.25. The molecular weight excluding hydrogens is 526 g/mol. The van der Waals surface area contributed by atoms with E-state index >= 15 is 0 Å². The number of aromatic nitrogens is 5. The van der Waals surface area contributed by atoms with E-state index in [4.69, 9.17) is 10.8 Å². The average molecular weight is 558 g/mol. The van der Waals surface area contributed by atoms with E-state index in [0.717, 1.165) is 23.4 Å². The predicted octanol–water partition coefficient (Wildman–Crippen LogP) is 3.52. The topological polar surface area (TPSA) is 135 Å². The highest BCUT2D eigenvalue weighted by Crippen LogP contribution is 2.34. The molecule has 0 spiro atoms. The Morgan fingerprint density at radius 2 is 1.98 bits per heavy atom. The number of hydrogen-bond donors (Lipinski definition) is 2. The number of aryl methyl sites for hydroxylation is 1. The fraction of sp³-hybridized carbons (Fsp3) is 0.357. The molecule has 2 aliphatic rings. The SMILES string of the molecule is Cc1cnc(NC(=O)c2ccc(-c3nn(C4CCN(C(=O)C=CCN(C)C5CC5)C4)c4ncnc(N)c34)cc2)s1. The fourth-order valence-electron chi connectivity index (χ4n) is 5.04. The number of nitrogens with two attached hydrogens (primary N) is 1. The van der Waals surface area contributed by atoms with Crippen molar-refractivity contribution in [3.8, 4) is 11.3 Å². The minimum Gasteiger partial charge on any atom is -0.383 e. The van der Waals surface area contributed by atoms with E-state index in [0.29, 0.717) is 52.4 Å². The zero-order valence-corrected chi connectivity index (χ0v) is 23.3. The Labute approximate surface area is 235 Å². The number of amides is 2. The summed E-state index contributed by atoms with van der Waals surface area (Å²) in [4.78, 5) is 43.6. The van der Waals surface area contributed by atoms with Gasteiger partial charge in [-0.25, -0.2) is 19.6 Å². The first-order valence-electron chi connectivity index (χ1n) is 13.4. The van der Waals surface area contributed by atoms with Gasteiger partial charge in [-0.05, 0) is 45.4 Å². The summed E-state index contributed by atoms with van der Waals surface area (Å²) in [5.41, 5.74) is 8.87. The highest BCUT2D eigenvalue weighted by atomic mass is 32.1. The van der Waals surface area contributed by atoms with Crippen molar-refractivity contribution >= 4 is 45.1 Å². The van der Waals surface area contributed by atoms with Crippen LogP contribution in [0.5, 0.6) is 0 Å². The van der Waals surface area contributed by atoms with Crippen LogP contribution < -0.4 is 11.1 Å². The monoisotopic (exact) mass is 557 g/mol. The maximum atomic E-state index is 12.8. The van der Waals surface area contributed by atoms with Crippen molar-refractivity contribution in [1.82, 2.24) is 34.5 Å². The molecular formula is C28H31N9O2S. The molecule has 0 bridgehead atoms. The number of rotatable bonds is 8. The van der Waals surface area contributed by atoms with Gasteiger partial charge in [-0.3, -0.25) is 19.8 Å². The summed E-state index contributed by atoms with van der Waals surface area (Å²) < 4.78 is 1.87. The Morgan fingerprint density at radius 3 is 2.70 bits per heavy atom. The molecule has 1 saturated heterocycles. The van der Waals surface area contributed by atoms with Gasteiger partial charge in [-0.2, -0.15) is 5.10 Å². The van der Waals surface area contributed by atoms with Crippen molar-refractivity contribution in [2.45, 2.75) is 38.3 Å². The number of anilines is 2. The van der Waals surface area contributed by atoms with Crippen LogP contribution in [0.15, 0.2) is 48.9 Å². The lowest BCUT2D eigenvalue weighted by atomic mass is 10.1. The van der Waals surface area contributed by atoms with Crippen molar-refractivity contribution in [2.24, 2.45) is 0 Å². The van der Waals surface area contributed by atoms with Gasteiger partial charge in [0.25, 0.3) is 5.91 Å². The third-order valence-electron chi connectivity index (χ3n) is 7.43. The lowest BCUT2D eigenvalue weighted by Crippen LogP contribution is -2.28. The van der Waals surface area contributed by atoms with Crippen molar-refractivity contribution in [2.75, 3.05) is 37.7 Å². The van der Waals surface area contributed by atoms with Crippen LogP contribution in [-0.2, 0) is 4.79 Å². The number of hydrogen-bond acceptors (Lipinski definition) is 9. The number of nitrogen functional groups attached to an aromatic ring is 1. The van der Waals surface area contributed by atoms with Gasteiger partial charge in [0.15, 0.2) is 10.8 Å². The number of nitrogens with one attached hydrogen (secondary N) is 1. The van der Waals surface area contributed by atoms with Gasteiger partial charge in [0, 0.05) is 54.0 Å². The average Bonchev–Trinajstić information content (AvgIpc) is 3.34. The Balaban J connectivity index is 1.20. The zero-order valence-electron chi connectivity index (χ0n) is 22.4. The molecule has 40 heavy (non-hydrogen) atoms. The van der Waals surface area contributed by atoms with Gasteiger partial charge in [0.05, 0.1) is 11.4 Å². The Hall–Kier alpha value is -4.16. The number of fused-ring (bicyclic) bond motifs is 1. The van der Waals surface area contributed by atoms with E-state index < -0.39 is 0 Å². The van der Waals surface area contributed by atoms with Gasteiger partial charge in [0.1, 0.15) is 17.8 Å². The molecule has 3 N–H and O–H groups in total. The maximum absolute atomic E-state index is 12.8. The van der Waals surface area contributed by atoms with Crippen molar-refractivity contribution < 1.29 is 9.59 Å². The molecule has 1 unspecified atom stereocenters. The third kappa shape index (κ3) is 5.32. The van der Waals surface area contributed by atoms with Crippen LogP contribution in [-0.4, -0.2) is 79.1 Å². The number of nitrogens with zero attached hydrogens (tertiary/aromatic N) is 7. The minimum atomic E-state index is -0.233. The summed E-state index contributed by atoms with van der Waals surface area (Å²) in [7, 11) is 2.10. The van der Waals surface area contributed by atoms with E-state index in [1.165, 1.54) is 30.5 Å². The fourth-order valence-corrected chi connectivity index (χ4v) is 5.70. The van der Waals surface area contributed by atoms with Crippen LogP contribution in [0.1, 0.15) is 40.5 Å². The Morgan fingerprint density at radius 1 is 1.18 bits per heavy atom. The van der Waals surface area contributed by atoms with Gasteiger partial charge in [-0.1, -0.05) is 18.2 Å². The first kappa shape index (κ1) is 26.1. The maximum Gasteiger partial charge on any atom is 0.257 e. The summed E-state index contributed by atoms with van der Waals surface area (Å²) in [6, 6.07) is 7.80. The number of thiazole rings is 1. The molecule has 1 atom stereocenters. The first-order valence-corrected chi connectivity index (χ1v) is 14.2. The van der Waals surface area contributed by atoms with Crippen molar-refractivity contribution in [3.05, 3.63) is 59.4 Å². The quantitative estimate of drug-likeness (QED) is 0.314. The largest absolute Gasteiger partial charge is 0.383 e. The Bertz CT molecular complexity index is 1590. The molecule has 6 rings (SSSR count). The molecule has 4 heterocycles. The molecule has 2 fully saturated rings. The summed E-state index contributed by atoms with van der Waals surface area (Å²) in [6.07, 6.45) is 10.0. The lowest BCUT2D eigenvalue weighted by Gasteiger charge is -2.16. The smallest absolute Gasteiger partial charge is 0.257 e. The number of likely N-dealkylation sites (tertiary alicyclic amines) is 1. The van der Waals surface area contributed by atoms with Crippen LogP contribution in [0.4, 0.5) is 10.9 Å². The van der Waals surface area contributed by atoms with E-state index in [1.54, 1.807) is 24.4 Å². The molecule has 1 aromatic carbocycles. The lowest BCUT2D eigenvalue weighted by molar-refractivity contribution is -0.125. The van der Waals surface area contributed by atoms with E-state index in [9.17, 15) is 9.59 Å². The van der Waals surface area contributed by atoms with E-state index in [-0.39, 0.29) is 17.9 Å². The van der Waals surface area contributed by atoms with Crippen LogP contribution >= 0.6 is 11.3 Å². The summed E-state index contributed by atoms with van der Waals surface area (Å²) in [5, 5.41) is 8.96. The van der Waals surface area contributed by atoms with Crippen LogP contribution in [0.3, 0.4) is 0 Å².